The zero-order valence-corrected chi connectivity index (χ0v) is 17.7. The maximum absolute atomic E-state index is 6.39. The molecule has 0 unspecified atom stereocenters. The number of rotatable bonds is 6. The predicted molar refractivity (Wildman–Crippen MR) is 114 cm³/mol. The van der Waals surface area contributed by atoms with Crippen LogP contribution in [0.5, 0.6) is 11.5 Å². The second kappa shape index (κ2) is 8.47. The number of hydrogen-bond donors (Lipinski definition) is 0. The molecule has 5 nitrogen and oxygen atoms in total. The van der Waals surface area contributed by atoms with Crippen molar-refractivity contribution in [3.05, 3.63) is 64.5 Å². The van der Waals surface area contributed by atoms with Gasteiger partial charge in [0.25, 0.3) is 0 Å². The lowest BCUT2D eigenvalue weighted by Gasteiger charge is -2.15. The number of halogens is 1. The van der Waals surface area contributed by atoms with E-state index in [1.807, 2.05) is 37.3 Å². The third-order valence-electron chi connectivity index (χ3n) is 5.51. The van der Waals surface area contributed by atoms with Crippen LogP contribution in [0.4, 0.5) is 0 Å². The lowest BCUT2D eigenvalue weighted by atomic mass is 9.98. The van der Waals surface area contributed by atoms with Crippen molar-refractivity contribution in [2.75, 3.05) is 27.3 Å². The molecule has 4 rings (SSSR count). The van der Waals surface area contributed by atoms with Crippen molar-refractivity contribution in [2.24, 2.45) is 0 Å². The Kier molecular flexibility index (Phi) is 5.79. The largest absolute Gasteiger partial charge is 0.493 e. The number of ether oxygens (including phenoxy) is 2. The molecule has 0 amide bonds. The summed E-state index contributed by atoms with van der Waals surface area (Å²) in [6.45, 7) is 4.73. The first-order valence-corrected chi connectivity index (χ1v) is 10.1. The molecule has 2 heterocycles. The number of likely N-dealkylation sites (tertiary alicyclic amines) is 1. The average molecular weight is 413 g/mol. The Morgan fingerprint density at radius 1 is 1.14 bits per heavy atom. The summed E-state index contributed by atoms with van der Waals surface area (Å²) in [4.78, 5) is 7.17. The number of methoxy groups -OCH3 is 2. The van der Waals surface area contributed by atoms with Gasteiger partial charge < -0.3 is 13.9 Å². The fraction of sp³-hybridized carbons (Fsp3) is 0.348. The minimum absolute atomic E-state index is 0.459. The molecule has 0 spiro atoms. The summed E-state index contributed by atoms with van der Waals surface area (Å²) in [5, 5.41) is 0.854. The number of aryl methyl sites for hydroxylation is 1. The molecule has 1 aromatic heterocycles. The van der Waals surface area contributed by atoms with E-state index < -0.39 is 0 Å². The molecule has 1 fully saturated rings. The van der Waals surface area contributed by atoms with Crippen LogP contribution in [-0.2, 0) is 6.54 Å². The van der Waals surface area contributed by atoms with Gasteiger partial charge in [-0.1, -0.05) is 29.8 Å². The summed E-state index contributed by atoms with van der Waals surface area (Å²) in [5.74, 6) is 3.24. The Balaban J connectivity index is 1.49. The summed E-state index contributed by atoms with van der Waals surface area (Å²) in [6, 6.07) is 13.8. The van der Waals surface area contributed by atoms with E-state index in [0.717, 1.165) is 48.1 Å². The molecule has 152 valence electrons. The zero-order valence-electron chi connectivity index (χ0n) is 16.9. The highest BCUT2D eigenvalue weighted by atomic mass is 35.5. The normalized spacial score (nSPS) is 16.9. The van der Waals surface area contributed by atoms with Crippen molar-refractivity contribution in [1.29, 1.82) is 0 Å². The molecule has 1 aliphatic rings. The van der Waals surface area contributed by atoms with E-state index in [4.69, 9.17) is 30.5 Å². The average Bonchev–Trinajstić information content (AvgIpc) is 3.35. The molecule has 6 heteroatoms. The molecule has 1 atom stereocenters. The smallest absolute Gasteiger partial charge is 0.226 e. The van der Waals surface area contributed by atoms with Crippen molar-refractivity contribution in [2.45, 2.75) is 25.8 Å². The minimum atomic E-state index is 0.459. The van der Waals surface area contributed by atoms with E-state index in [-0.39, 0.29) is 0 Å². The fourth-order valence-corrected chi connectivity index (χ4v) is 4.21. The minimum Gasteiger partial charge on any atom is -0.493 e. The Labute approximate surface area is 176 Å². The number of nitrogens with zero attached hydrogens (tertiary/aromatic N) is 2. The molecule has 0 radical (unpaired) electrons. The lowest BCUT2D eigenvalue weighted by Crippen LogP contribution is -2.20. The van der Waals surface area contributed by atoms with E-state index in [1.165, 1.54) is 5.56 Å². The molecule has 0 bridgehead atoms. The Hall–Kier alpha value is -2.50. The number of benzene rings is 2. The van der Waals surface area contributed by atoms with Crippen LogP contribution in [0.3, 0.4) is 0 Å². The van der Waals surface area contributed by atoms with E-state index in [1.54, 1.807) is 14.2 Å². The Morgan fingerprint density at radius 2 is 1.93 bits per heavy atom. The maximum atomic E-state index is 6.39. The van der Waals surface area contributed by atoms with Gasteiger partial charge in [-0.25, -0.2) is 4.98 Å². The van der Waals surface area contributed by atoms with Gasteiger partial charge >= 0.3 is 0 Å². The van der Waals surface area contributed by atoms with Gasteiger partial charge in [-0.05, 0) is 55.6 Å². The lowest BCUT2D eigenvalue weighted by molar-refractivity contribution is 0.321. The van der Waals surface area contributed by atoms with E-state index in [0.29, 0.717) is 23.3 Å². The zero-order chi connectivity index (χ0) is 20.4. The van der Waals surface area contributed by atoms with Crippen LogP contribution < -0.4 is 9.47 Å². The van der Waals surface area contributed by atoms with Gasteiger partial charge in [-0.2, -0.15) is 0 Å². The highest BCUT2D eigenvalue weighted by molar-refractivity contribution is 6.31. The summed E-state index contributed by atoms with van der Waals surface area (Å²) < 4.78 is 16.7. The molecular formula is C23H25ClN2O3. The molecular weight excluding hydrogens is 388 g/mol. The number of oxazole rings is 1. The van der Waals surface area contributed by atoms with Gasteiger partial charge in [0.1, 0.15) is 5.76 Å². The third kappa shape index (κ3) is 4.11. The van der Waals surface area contributed by atoms with Crippen LogP contribution in [0, 0.1) is 6.92 Å². The topological polar surface area (TPSA) is 47.7 Å². The molecule has 0 N–H and O–H groups in total. The van der Waals surface area contributed by atoms with E-state index in [9.17, 15) is 0 Å². The Bertz CT molecular complexity index is 1000. The van der Waals surface area contributed by atoms with Crippen LogP contribution in [0.1, 0.15) is 29.4 Å². The molecule has 0 saturated carbocycles. The van der Waals surface area contributed by atoms with Gasteiger partial charge in [0.15, 0.2) is 11.5 Å². The first-order valence-electron chi connectivity index (χ1n) is 9.74. The number of aromatic nitrogens is 1. The first-order chi connectivity index (χ1) is 14.1. The van der Waals surface area contributed by atoms with Crippen LogP contribution in [0.25, 0.3) is 11.5 Å². The van der Waals surface area contributed by atoms with E-state index >= 15 is 0 Å². The first kappa shape index (κ1) is 19.8. The van der Waals surface area contributed by atoms with Gasteiger partial charge in [0, 0.05) is 23.7 Å². The Morgan fingerprint density at radius 3 is 2.69 bits per heavy atom. The van der Waals surface area contributed by atoms with Gasteiger partial charge in [0.05, 0.1) is 19.9 Å². The summed E-state index contributed by atoms with van der Waals surface area (Å²) in [6.07, 6.45) is 1.10. The van der Waals surface area contributed by atoms with Gasteiger partial charge in [-0.15, -0.1) is 0 Å². The summed E-state index contributed by atoms with van der Waals surface area (Å²) in [5.41, 5.74) is 3.07. The van der Waals surface area contributed by atoms with Crippen molar-refractivity contribution in [3.63, 3.8) is 0 Å². The monoisotopic (exact) mass is 412 g/mol. The highest BCUT2D eigenvalue weighted by Crippen LogP contribution is 2.35. The summed E-state index contributed by atoms with van der Waals surface area (Å²) >= 11 is 6.39. The molecule has 1 saturated heterocycles. The SMILES string of the molecule is COc1ccc(-c2nc(CN3CC[C@H](c4ccccc4Cl)C3)c(C)o2)cc1OC. The second-order valence-corrected chi connectivity index (χ2v) is 7.74. The van der Waals surface area contributed by atoms with Gasteiger partial charge in [-0.3, -0.25) is 4.90 Å². The van der Waals surface area contributed by atoms with Crippen LogP contribution in [-0.4, -0.2) is 37.2 Å². The molecule has 2 aromatic carbocycles. The summed E-state index contributed by atoms with van der Waals surface area (Å²) in [7, 11) is 3.24. The maximum Gasteiger partial charge on any atom is 0.226 e. The number of hydrogen-bond acceptors (Lipinski definition) is 5. The second-order valence-electron chi connectivity index (χ2n) is 7.33. The van der Waals surface area contributed by atoms with Crippen molar-refractivity contribution in [1.82, 2.24) is 9.88 Å². The predicted octanol–water partition coefficient (Wildman–Crippen LogP) is 5.31. The quantitative estimate of drug-likeness (QED) is 0.549. The van der Waals surface area contributed by atoms with Crippen molar-refractivity contribution in [3.8, 4) is 23.0 Å². The van der Waals surface area contributed by atoms with Crippen molar-refractivity contribution < 1.29 is 13.9 Å². The molecule has 29 heavy (non-hydrogen) atoms. The molecule has 3 aromatic rings. The van der Waals surface area contributed by atoms with Crippen LogP contribution >= 0.6 is 11.6 Å². The molecule has 0 aliphatic carbocycles. The van der Waals surface area contributed by atoms with Crippen LogP contribution in [0.15, 0.2) is 46.9 Å². The fourth-order valence-electron chi connectivity index (χ4n) is 3.92. The van der Waals surface area contributed by atoms with Crippen molar-refractivity contribution >= 4 is 11.6 Å². The highest BCUT2D eigenvalue weighted by Gasteiger charge is 2.26. The standard InChI is InChI=1S/C23H25ClN2O3/c1-15-20(14-26-11-10-17(13-26)18-6-4-5-7-19(18)24)25-23(29-15)16-8-9-21(27-2)22(12-16)28-3/h4-9,12,17H,10-11,13-14H2,1-3H3/t17-/m0/s1. The van der Waals surface area contributed by atoms with Gasteiger partial charge in [0.2, 0.25) is 5.89 Å². The molecule has 1 aliphatic heterocycles. The van der Waals surface area contributed by atoms with Crippen LogP contribution in [0.2, 0.25) is 5.02 Å². The van der Waals surface area contributed by atoms with E-state index in [2.05, 4.69) is 17.0 Å². The third-order valence-corrected chi connectivity index (χ3v) is 5.86.